The third-order valence-electron chi connectivity index (χ3n) is 2.96. The molecule has 0 aromatic heterocycles. The highest BCUT2D eigenvalue weighted by atomic mass is 15.1. The fourth-order valence-corrected chi connectivity index (χ4v) is 2.21. The molecule has 1 aromatic rings. The predicted octanol–water partition coefficient (Wildman–Crippen LogP) is 2.98. The average Bonchev–Trinajstić information content (AvgIpc) is 2.22. The zero-order chi connectivity index (χ0) is 13.5. The van der Waals surface area contributed by atoms with E-state index < -0.39 is 0 Å². The van der Waals surface area contributed by atoms with Crippen molar-refractivity contribution in [3.8, 4) is 0 Å². The first-order chi connectivity index (χ1) is 8.47. The van der Waals surface area contributed by atoms with Crippen LogP contribution in [0.4, 0.5) is 0 Å². The Hall–Kier alpha value is -0.860. The van der Waals surface area contributed by atoms with Crippen LogP contribution in [-0.2, 0) is 6.54 Å². The summed E-state index contributed by atoms with van der Waals surface area (Å²) in [6, 6.07) is 6.80. The van der Waals surface area contributed by atoms with E-state index >= 15 is 0 Å². The predicted molar refractivity (Wildman–Crippen MR) is 80.0 cm³/mol. The summed E-state index contributed by atoms with van der Waals surface area (Å²) in [5, 5.41) is 3.48. The Balaban J connectivity index is 2.33. The van der Waals surface area contributed by atoms with Gasteiger partial charge in [0.2, 0.25) is 0 Å². The second kappa shape index (κ2) is 7.55. The van der Waals surface area contributed by atoms with Crippen molar-refractivity contribution in [1.82, 2.24) is 10.2 Å². The fraction of sp³-hybridized carbons (Fsp3) is 0.625. The zero-order valence-electron chi connectivity index (χ0n) is 12.6. The standard InChI is InChI=1S/C16H28N2/c1-13(2)11-17-6-7-18(5)12-16-9-14(3)8-15(4)10-16/h8-10,13,17H,6-7,11-12H2,1-5H3. The zero-order valence-corrected chi connectivity index (χ0v) is 12.6. The van der Waals surface area contributed by atoms with Crippen LogP contribution in [0.15, 0.2) is 18.2 Å². The van der Waals surface area contributed by atoms with E-state index in [1.165, 1.54) is 16.7 Å². The van der Waals surface area contributed by atoms with Crippen LogP contribution in [-0.4, -0.2) is 31.6 Å². The summed E-state index contributed by atoms with van der Waals surface area (Å²) < 4.78 is 0. The molecule has 0 aliphatic carbocycles. The highest BCUT2D eigenvalue weighted by Gasteiger charge is 2.02. The molecule has 2 heteroatoms. The highest BCUT2D eigenvalue weighted by Crippen LogP contribution is 2.10. The van der Waals surface area contributed by atoms with Gasteiger partial charge in [0.05, 0.1) is 0 Å². The molecule has 0 saturated heterocycles. The second-order valence-electron chi connectivity index (χ2n) is 5.83. The maximum atomic E-state index is 3.48. The van der Waals surface area contributed by atoms with E-state index in [4.69, 9.17) is 0 Å². The lowest BCUT2D eigenvalue weighted by atomic mass is 10.1. The third kappa shape index (κ3) is 6.18. The lowest BCUT2D eigenvalue weighted by Crippen LogP contribution is -2.30. The minimum absolute atomic E-state index is 0.731. The summed E-state index contributed by atoms with van der Waals surface area (Å²) >= 11 is 0. The Kier molecular flexibility index (Phi) is 6.37. The number of aryl methyl sites for hydroxylation is 2. The molecule has 1 rings (SSSR count). The molecule has 0 radical (unpaired) electrons. The van der Waals surface area contributed by atoms with E-state index in [0.29, 0.717) is 0 Å². The van der Waals surface area contributed by atoms with Crippen molar-refractivity contribution in [3.05, 3.63) is 34.9 Å². The first kappa shape index (κ1) is 15.2. The van der Waals surface area contributed by atoms with E-state index in [2.05, 4.69) is 63.2 Å². The summed E-state index contributed by atoms with van der Waals surface area (Å²) in [6.45, 7) is 13.1. The molecule has 18 heavy (non-hydrogen) atoms. The molecule has 0 saturated carbocycles. The topological polar surface area (TPSA) is 15.3 Å². The largest absolute Gasteiger partial charge is 0.315 e. The summed E-state index contributed by atoms with van der Waals surface area (Å²) in [6.07, 6.45) is 0. The average molecular weight is 248 g/mol. The van der Waals surface area contributed by atoms with E-state index in [0.717, 1.165) is 32.1 Å². The number of hydrogen-bond donors (Lipinski definition) is 1. The molecule has 0 unspecified atom stereocenters. The molecule has 2 nitrogen and oxygen atoms in total. The van der Waals surface area contributed by atoms with Crippen LogP contribution in [0.1, 0.15) is 30.5 Å². The van der Waals surface area contributed by atoms with Gasteiger partial charge in [-0.1, -0.05) is 43.2 Å². The number of hydrogen-bond acceptors (Lipinski definition) is 2. The van der Waals surface area contributed by atoms with Crippen molar-refractivity contribution in [2.75, 3.05) is 26.7 Å². The van der Waals surface area contributed by atoms with Crippen LogP contribution in [0.25, 0.3) is 0 Å². The van der Waals surface area contributed by atoms with Gasteiger partial charge in [0.25, 0.3) is 0 Å². The van der Waals surface area contributed by atoms with Gasteiger partial charge < -0.3 is 10.2 Å². The van der Waals surface area contributed by atoms with E-state index in [1.54, 1.807) is 0 Å². The molecule has 0 amide bonds. The summed E-state index contributed by atoms with van der Waals surface area (Å²) in [7, 11) is 2.19. The van der Waals surface area contributed by atoms with Gasteiger partial charge in [0.15, 0.2) is 0 Å². The Morgan fingerprint density at radius 1 is 1.11 bits per heavy atom. The minimum atomic E-state index is 0.731. The smallest absolute Gasteiger partial charge is 0.0231 e. The SMILES string of the molecule is Cc1cc(C)cc(CN(C)CCNCC(C)C)c1. The quantitative estimate of drug-likeness (QED) is 0.746. The van der Waals surface area contributed by atoms with Gasteiger partial charge in [0.1, 0.15) is 0 Å². The van der Waals surface area contributed by atoms with Crippen LogP contribution in [0.2, 0.25) is 0 Å². The van der Waals surface area contributed by atoms with Crippen molar-refractivity contribution in [1.29, 1.82) is 0 Å². The Morgan fingerprint density at radius 3 is 2.28 bits per heavy atom. The summed E-state index contributed by atoms with van der Waals surface area (Å²) in [4.78, 5) is 2.38. The maximum Gasteiger partial charge on any atom is 0.0231 e. The first-order valence-corrected chi connectivity index (χ1v) is 6.94. The molecule has 0 atom stereocenters. The number of benzene rings is 1. The summed E-state index contributed by atoms with van der Waals surface area (Å²) in [5.74, 6) is 0.731. The normalized spacial score (nSPS) is 11.5. The third-order valence-corrected chi connectivity index (χ3v) is 2.96. The van der Waals surface area contributed by atoms with Crippen LogP contribution >= 0.6 is 0 Å². The molecular formula is C16H28N2. The van der Waals surface area contributed by atoms with Crippen molar-refractivity contribution in [2.24, 2.45) is 5.92 Å². The highest BCUT2D eigenvalue weighted by molar-refractivity contribution is 5.28. The number of nitrogens with zero attached hydrogens (tertiary/aromatic N) is 1. The number of rotatable bonds is 7. The van der Waals surface area contributed by atoms with E-state index in [-0.39, 0.29) is 0 Å². The van der Waals surface area contributed by atoms with Gasteiger partial charge in [-0.15, -0.1) is 0 Å². The van der Waals surface area contributed by atoms with Crippen molar-refractivity contribution < 1.29 is 0 Å². The van der Waals surface area contributed by atoms with Gasteiger partial charge in [-0.05, 0) is 38.9 Å². The fourth-order valence-electron chi connectivity index (χ4n) is 2.21. The molecule has 102 valence electrons. The Bertz CT molecular complexity index is 338. The van der Waals surface area contributed by atoms with Crippen molar-refractivity contribution >= 4 is 0 Å². The van der Waals surface area contributed by atoms with Gasteiger partial charge >= 0.3 is 0 Å². The van der Waals surface area contributed by atoms with Crippen molar-refractivity contribution in [3.63, 3.8) is 0 Å². The molecule has 1 aromatic carbocycles. The molecule has 1 N–H and O–H groups in total. The molecular weight excluding hydrogens is 220 g/mol. The second-order valence-corrected chi connectivity index (χ2v) is 5.83. The van der Waals surface area contributed by atoms with Crippen molar-refractivity contribution in [2.45, 2.75) is 34.2 Å². The molecule has 0 aliphatic rings. The summed E-state index contributed by atoms with van der Waals surface area (Å²) in [5.41, 5.74) is 4.13. The minimum Gasteiger partial charge on any atom is -0.315 e. The Morgan fingerprint density at radius 2 is 1.72 bits per heavy atom. The van der Waals surface area contributed by atoms with E-state index in [1.807, 2.05) is 0 Å². The number of likely N-dealkylation sites (N-methyl/N-ethyl adjacent to an activating group) is 1. The monoisotopic (exact) mass is 248 g/mol. The molecule has 0 fully saturated rings. The Labute approximate surface area is 112 Å². The van der Waals surface area contributed by atoms with Crippen LogP contribution < -0.4 is 5.32 Å². The first-order valence-electron chi connectivity index (χ1n) is 6.94. The molecule has 0 aliphatic heterocycles. The van der Waals surface area contributed by atoms with Gasteiger partial charge in [-0.25, -0.2) is 0 Å². The molecule has 0 heterocycles. The van der Waals surface area contributed by atoms with Gasteiger partial charge in [-0.2, -0.15) is 0 Å². The van der Waals surface area contributed by atoms with Gasteiger partial charge in [0, 0.05) is 19.6 Å². The van der Waals surface area contributed by atoms with E-state index in [9.17, 15) is 0 Å². The van der Waals surface area contributed by atoms with Crippen LogP contribution in [0.5, 0.6) is 0 Å². The maximum absolute atomic E-state index is 3.48. The lowest BCUT2D eigenvalue weighted by molar-refractivity contribution is 0.321. The lowest BCUT2D eigenvalue weighted by Gasteiger charge is -2.18. The van der Waals surface area contributed by atoms with Crippen LogP contribution in [0.3, 0.4) is 0 Å². The molecule has 0 spiro atoms. The number of nitrogens with one attached hydrogen (secondary N) is 1. The molecule has 0 bridgehead atoms. The van der Waals surface area contributed by atoms with Gasteiger partial charge in [-0.3, -0.25) is 0 Å². The van der Waals surface area contributed by atoms with Crippen LogP contribution in [0, 0.1) is 19.8 Å².